The second-order valence-corrected chi connectivity index (χ2v) is 7.49. The Kier molecular flexibility index (Phi) is 6.74. The molecule has 0 fully saturated rings. The van der Waals surface area contributed by atoms with Crippen LogP contribution < -0.4 is 15.7 Å². The molecule has 1 heterocycles. The summed E-state index contributed by atoms with van der Waals surface area (Å²) in [5, 5.41) is 3.24. The zero-order chi connectivity index (χ0) is 22.5. The molecule has 0 atom stereocenters. The molecule has 31 heavy (non-hydrogen) atoms. The van der Waals surface area contributed by atoms with Crippen molar-refractivity contribution in [1.29, 1.82) is 0 Å². The van der Waals surface area contributed by atoms with Gasteiger partial charge in [-0.2, -0.15) is 0 Å². The van der Waals surface area contributed by atoms with Gasteiger partial charge in [0.05, 0.1) is 12.7 Å². The van der Waals surface area contributed by atoms with Crippen LogP contribution >= 0.6 is 0 Å². The summed E-state index contributed by atoms with van der Waals surface area (Å²) in [6, 6.07) is 11.8. The standard InChI is InChI=1S/C24H25NO6/c1-14(2)18-11-19-16(10-22(26)31-21(19)9-15(18)3)13-30-23(27)12-25-24(28)17-7-5-6-8-20(17)29-4/h5-11,14H,12-13H2,1-4H3,(H,25,28). The average molecular weight is 423 g/mol. The topological polar surface area (TPSA) is 94.8 Å². The maximum atomic E-state index is 12.3. The number of amides is 1. The van der Waals surface area contributed by atoms with E-state index in [9.17, 15) is 14.4 Å². The number of para-hydroxylation sites is 1. The van der Waals surface area contributed by atoms with Crippen molar-refractivity contribution in [1.82, 2.24) is 5.32 Å². The van der Waals surface area contributed by atoms with Crippen molar-refractivity contribution in [2.45, 2.75) is 33.3 Å². The van der Waals surface area contributed by atoms with Gasteiger partial charge in [-0.05, 0) is 48.2 Å². The number of rotatable bonds is 7. The molecular formula is C24H25NO6. The molecule has 0 bridgehead atoms. The lowest BCUT2D eigenvalue weighted by Gasteiger charge is -2.13. The zero-order valence-electron chi connectivity index (χ0n) is 18.0. The number of fused-ring (bicyclic) bond motifs is 1. The molecule has 1 aromatic heterocycles. The SMILES string of the molecule is COc1ccccc1C(=O)NCC(=O)OCc1cc(=O)oc2cc(C)c(C(C)C)cc12. The highest BCUT2D eigenvalue weighted by Crippen LogP contribution is 2.27. The molecule has 0 aliphatic heterocycles. The number of hydrogen-bond acceptors (Lipinski definition) is 6. The molecule has 0 spiro atoms. The van der Waals surface area contributed by atoms with E-state index >= 15 is 0 Å². The van der Waals surface area contributed by atoms with Crippen molar-refractivity contribution in [3.63, 3.8) is 0 Å². The molecule has 0 radical (unpaired) electrons. The summed E-state index contributed by atoms with van der Waals surface area (Å²) < 4.78 is 15.8. The predicted octanol–water partition coefficient (Wildman–Crippen LogP) is 3.71. The van der Waals surface area contributed by atoms with Crippen LogP contribution in [0, 0.1) is 6.92 Å². The molecule has 0 saturated heterocycles. The molecule has 162 valence electrons. The van der Waals surface area contributed by atoms with Crippen molar-refractivity contribution < 1.29 is 23.5 Å². The lowest BCUT2D eigenvalue weighted by Crippen LogP contribution is -2.30. The van der Waals surface area contributed by atoms with Gasteiger partial charge in [-0.3, -0.25) is 9.59 Å². The highest BCUT2D eigenvalue weighted by Gasteiger charge is 2.15. The number of methoxy groups -OCH3 is 1. The summed E-state index contributed by atoms with van der Waals surface area (Å²) in [5.41, 5.74) is 2.96. The van der Waals surface area contributed by atoms with E-state index in [0.29, 0.717) is 22.5 Å². The Morgan fingerprint density at radius 1 is 1.13 bits per heavy atom. The minimum atomic E-state index is -0.624. The third kappa shape index (κ3) is 5.12. The normalized spacial score (nSPS) is 10.9. The number of hydrogen-bond donors (Lipinski definition) is 1. The smallest absolute Gasteiger partial charge is 0.336 e. The van der Waals surface area contributed by atoms with Crippen molar-refractivity contribution in [3.05, 3.63) is 75.1 Å². The van der Waals surface area contributed by atoms with Crippen LogP contribution in [0.1, 0.15) is 46.8 Å². The fraction of sp³-hybridized carbons (Fsp3) is 0.292. The molecule has 3 rings (SSSR count). The Bertz CT molecular complexity index is 1180. The van der Waals surface area contributed by atoms with Gasteiger partial charge in [-0.25, -0.2) is 4.79 Å². The van der Waals surface area contributed by atoms with Gasteiger partial charge in [0.15, 0.2) is 0 Å². The fourth-order valence-electron chi connectivity index (χ4n) is 3.42. The van der Waals surface area contributed by atoms with Gasteiger partial charge in [0.2, 0.25) is 0 Å². The van der Waals surface area contributed by atoms with Crippen LogP contribution in [-0.2, 0) is 16.1 Å². The number of aryl methyl sites for hydroxylation is 1. The van der Waals surface area contributed by atoms with Crippen molar-refractivity contribution >= 4 is 22.8 Å². The lowest BCUT2D eigenvalue weighted by atomic mass is 9.95. The van der Waals surface area contributed by atoms with Crippen LogP contribution in [0.5, 0.6) is 5.75 Å². The first-order chi connectivity index (χ1) is 14.8. The Morgan fingerprint density at radius 3 is 2.58 bits per heavy atom. The average Bonchev–Trinajstić information content (AvgIpc) is 2.74. The van der Waals surface area contributed by atoms with Gasteiger partial charge in [0, 0.05) is 17.0 Å². The molecule has 0 saturated carbocycles. The van der Waals surface area contributed by atoms with Crippen LogP contribution in [-0.4, -0.2) is 25.5 Å². The quantitative estimate of drug-likeness (QED) is 0.460. The van der Waals surface area contributed by atoms with Gasteiger partial charge in [-0.1, -0.05) is 26.0 Å². The van der Waals surface area contributed by atoms with E-state index in [1.807, 2.05) is 19.1 Å². The second-order valence-electron chi connectivity index (χ2n) is 7.49. The number of benzene rings is 2. The van der Waals surface area contributed by atoms with Crippen LogP contribution in [0.3, 0.4) is 0 Å². The summed E-state index contributed by atoms with van der Waals surface area (Å²) in [5.74, 6) is -0.373. The lowest BCUT2D eigenvalue weighted by molar-refractivity contribution is -0.143. The first kappa shape index (κ1) is 22.1. The third-order valence-corrected chi connectivity index (χ3v) is 4.97. The molecule has 0 aliphatic carbocycles. The molecule has 0 unspecified atom stereocenters. The van der Waals surface area contributed by atoms with Gasteiger partial charge in [0.1, 0.15) is 24.5 Å². The number of carbonyl (C=O) groups excluding carboxylic acids is 2. The van der Waals surface area contributed by atoms with E-state index in [-0.39, 0.29) is 19.1 Å². The van der Waals surface area contributed by atoms with Crippen LogP contribution in [0.15, 0.2) is 51.7 Å². The van der Waals surface area contributed by atoms with E-state index in [1.165, 1.54) is 13.2 Å². The van der Waals surface area contributed by atoms with Gasteiger partial charge >= 0.3 is 11.6 Å². The predicted molar refractivity (Wildman–Crippen MR) is 116 cm³/mol. The summed E-state index contributed by atoms with van der Waals surface area (Å²) in [7, 11) is 1.47. The summed E-state index contributed by atoms with van der Waals surface area (Å²) in [6.07, 6.45) is 0. The molecule has 1 N–H and O–H groups in total. The van der Waals surface area contributed by atoms with Crippen molar-refractivity contribution in [2.24, 2.45) is 0 Å². The Balaban J connectivity index is 1.70. The first-order valence-corrected chi connectivity index (χ1v) is 9.94. The number of ether oxygens (including phenoxy) is 2. The summed E-state index contributed by atoms with van der Waals surface area (Å²) in [6.45, 7) is 5.71. The van der Waals surface area contributed by atoms with E-state index in [0.717, 1.165) is 16.5 Å². The van der Waals surface area contributed by atoms with Crippen LogP contribution in [0.2, 0.25) is 0 Å². The largest absolute Gasteiger partial charge is 0.496 e. The molecule has 7 nitrogen and oxygen atoms in total. The van der Waals surface area contributed by atoms with Crippen molar-refractivity contribution in [2.75, 3.05) is 13.7 Å². The Hall–Kier alpha value is -3.61. The Labute approximate surface area is 180 Å². The molecule has 3 aromatic rings. The maximum Gasteiger partial charge on any atom is 0.336 e. The van der Waals surface area contributed by atoms with Gasteiger partial charge in [-0.15, -0.1) is 0 Å². The van der Waals surface area contributed by atoms with E-state index in [4.69, 9.17) is 13.9 Å². The first-order valence-electron chi connectivity index (χ1n) is 9.94. The molecule has 2 aromatic carbocycles. The monoisotopic (exact) mass is 423 g/mol. The third-order valence-electron chi connectivity index (χ3n) is 4.97. The van der Waals surface area contributed by atoms with E-state index in [1.54, 1.807) is 24.3 Å². The van der Waals surface area contributed by atoms with Crippen molar-refractivity contribution in [3.8, 4) is 5.75 Å². The van der Waals surface area contributed by atoms with Gasteiger partial charge in [0.25, 0.3) is 5.91 Å². The highest BCUT2D eigenvalue weighted by molar-refractivity contribution is 5.98. The van der Waals surface area contributed by atoms with Gasteiger partial charge < -0.3 is 19.2 Å². The fourth-order valence-corrected chi connectivity index (χ4v) is 3.42. The maximum absolute atomic E-state index is 12.3. The molecule has 0 aliphatic rings. The summed E-state index contributed by atoms with van der Waals surface area (Å²) >= 11 is 0. The van der Waals surface area contributed by atoms with E-state index < -0.39 is 17.5 Å². The number of nitrogens with one attached hydrogen (secondary N) is 1. The Morgan fingerprint density at radius 2 is 1.87 bits per heavy atom. The van der Waals surface area contributed by atoms with E-state index in [2.05, 4.69) is 19.2 Å². The summed E-state index contributed by atoms with van der Waals surface area (Å²) in [4.78, 5) is 36.4. The molecular weight excluding hydrogens is 398 g/mol. The van der Waals surface area contributed by atoms with Crippen LogP contribution in [0.25, 0.3) is 11.0 Å². The van der Waals surface area contributed by atoms with Crippen LogP contribution in [0.4, 0.5) is 0 Å². The molecule has 7 heteroatoms. The minimum absolute atomic E-state index is 0.105. The number of esters is 1. The minimum Gasteiger partial charge on any atom is -0.496 e. The zero-order valence-corrected chi connectivity index (χ0v) is 18.0. The number of carbonyl (C=O) groups is 2. The second kappa shape index (κ2) is 9.47. The highest BCUT2D eigenvalue weighted by atomic mass is 16.5. The molecule has 1 amide bonds.